The third-order valence-electron chi connectivity index (χ3n) is 3.95. The van der Waals surface area contributed by atoms with Crippen LogP contribution < -0.4 is 5.32 Å². The van der Waals surface area contributed by atoms with Crippen LogP contribution in [0.5, 0.6) is 0 Å². The standard InChI is InChI=1S/C16H24N2O3S/c1-5-12-6-7-13(10-14(12)22(4,20)21)15(19)18-9-8-17-16(2,3)11-18/h6-7,10,17H,5,8-9,11H2,1-4H3. The van der Waals surface area contributed by atoms with Crippen molar-refractivity contribution >= 4 is 15.7 Å². The highest BCUT2D eigenvalue weighted by Gasteiger charge is 2.29. The lowest BCUT2D eigenvalue weighted by molar-refractivity contribution is 0.0652. The van der Waals surface area contributed by atoms with Gasteiger partial charge in [-0.1, -0.05) is 13.0 Å². The molecule has 0 atom stereocenters. The molecule has 22 heavy (non-hydrogen) atoms. The van der Waals surface area contributed by atoms with E-state index in [0.717, 1.165) is 12.1 Å². The van der Waals surface area contributed by atoms with E-state index in [4.69, 9.17) is 0 Å². The first kappa shape index (κ1) is 17.0. The zero-order chi connectivity index (χ0) is 16.5. The zero-order valence-corrected chi connectivity index (χ0v) is 14.5. The third kappa shape index (κ3) is 3.67. The Kier molecular flexibility index (Phi) is 4.63. The van der Waals surface area contributed by atoms with E-state index in [1.165, 1.54) is 12.3 Å². The molecule has 1 aromatic carbocycles. The van der Waals surface area contributed by atoms with Crippen molar-refractivity contribution in [2.45, 2.75) is 37.6 Å². The molecule has 0 unspecified atom stereocenters. The van der Waals surface area contributed by atoms with Crippen molar-refractivity contribution in [1.82, 2.24) is 10.2 Å². The first-order valence-corrected chi connectivity index (χ1v) is 9.40. The van der Waals surface area contributed by atoms with Crippen LogP contribution in [0.1, 0.15) is 36.7 Å². The maximum Gasteiger partial charge on any atom is 0.254 e. The fourth-order valence-electron chi connectivity index (χ4n) is 2.82. The molecule has 6 heteroatoms. The number of carbonyl (C=O) groups excluding carboxylic acids is 1. The summed E-state index contributed by atoms with van der Waals surface area (Å²) in [6.07, 6.45) is 1.81. The molecule has 122 valence electrons. The van der Waals surface area contributed by atoms with Crippen LogP contribution in [0.25, 0.3) is 0 Å². The molecule has 0 radical (unpaired) electrons. The van der Waals surface area contributed by atoms with Gasteiger partial charge in [0.25, 0.3) is 5.91 Å². The minimum atomic E-state index is -3.34. The molecule has 1 fully saturated rings. The van der Waals surface area contributed by atoms with E-state index >= 15 is 0 Å². The van der Waals surface area contributed by atoms with Crippen LogP contribution in [0.15, 0.2) is 23.1 Å². The number of piperazine rings is 1. The third-order valence-corrected chi connectivity index (χ3v) is 5.13. The van der Waals surface area contributed by atoms with Crippen LogP contribution in [-0.2, 0) is 16.3 Å². The van der Waals surface area contributed by atoms with E-state index in [1.807, 2.05) is 6.92 Å². The number of sulfone groups is 1. The molecule has 5 nitrogen and oxygen atoms in total. The van der Waals surface area contributed by atoms with Gasteiger partial charge in [0.2, 0.25) is 0 Å². The summed E-state index contributed by atoms with van der Waals surface area (Å²) in [5.41, 5.74) is 1.06. The number of nitrogens with zero attached hydrogens (tertiary/aromatic N) is 1. The molecule has 1 amide bonds. The van der Waals surface area contributed by atoms with Crippen LogP contribution in [0, 0.1) is 0 Å². The minimum Gasteiger partial charge on any atom is -0.336 e. The Morgan fingerprint density at radius 3 is 2.59 bits per heavy atom. The van der Waals surface area contributed by atoms with E-state index in [-0.39, 0.29) is 16.3 Å². The molecule has 0 spiro atoms. The summed E-state index contributed by atoms with van der Waals surface area (Å²) < 4.78 is 23.9. The monoisotopic (exact) mass is 324 g/mol. The van der Waals surface area contributed by atoms with Gasteiger partial charge in [0, 0.05) is 37.0 Å². The average molecular weight is 324 g/mol. The quantitative estimate of drug-likeness (QED) is 0.914. The van der Waals surface area contributed by atoms with Gasteiger partial charge >= 0.3 is 0 Å². The van der Waals surface area contributed by atoms with Gasteiger partial charge in [-0.15, -0.1) is 0 Å². The number of hydrogen-bond donors (Lipinski definition) is 1. The summed E-state index contributed by atoms with van der Waals surface area (Å²) in [6.45, 7) is 7.99. The number of nitrogens with one attached hydrogen (secondary N) is 1. The zero-order valence-electron chi connectivity index (χ0n) is 13.6. The van der Waals surface area contributed by atoms with Crippen molar-refractivity contribution in [3.63, 3.8) is 0 Å². The lowest BCUT2D eigenvalue weighted by Crippen LogP contribution is -2.58. The average Bonchev–Trinajstić information content (AvgIpc) is 2.43. The number of hydrogen-bond acceptors (Lipinski definition) is 4. The Labute approximate surface area is 132 Å². The van der Waals surface area contributed by atoms with Crippen molar-refractivity contribution < 1.29 is 13.2 Å². The summed E-state index contributed by atoms with van der Waals surface area (Å²) in [4.78, 5) is 14.7. The van der Waals surface area contributed by atoms with E-state index in [2.05, 4.69) is 19.2 Å². The van der Waals surface area contributed by atoms with Gasteiger partial charge in [0.15, 0.2) is 9.84 Å². The topological polar surface area (TPSA) is 66.5 Å². The van der Waals surface area contributed by atoms with Gasteiger partial charge in [0.1, 0.15) is 0 Å². The summed E-state index contributed by atoms with van der Waals surface area (Å²) in [7, 11) is -3.34. The normalized spacial score (nSPS) is 18.3. The Morgan fingerprint density at radius 1 is 1.36 bits per heavy atom. The van der Waals surface area contributed by atoms with Gasteiger partial charge in [-0.3, -0.25) is 4.79 Å². The van der Waals surface area contributed by atoms with Crippen LogP contribution >= 0.6 is 0 Å². The SMILES string of the molecule is CCc1ccc(C(=O)N2CCNC(C)(C)C2)cc1S(C)(=O)=O. The number of carbonyl (C=O) groups is 1. The lowest BCUT2D eigenvalue weighted by Gasteiger charge is -2.39. The molecule has 1 aromatic rings. The Hall–Kier alpha value is -1.40. The maximum absolute atomic E-state index is 12.7. The van der Waals surface area contributed by atoms with E-state index in [0.29, 0.717) is 25.1 Å². The Morgan fingerprint density at radius 2 is 2.05 bits per heavy atom. The summed E-state index contributed by atoms with van der Waals surface area (Å²) in [5, 5.41) is 3.36. The fourth-order valence-corrected chi connectivity index (χ4v) is 3.85. The molecule has 1 heterocycles. The van der Waals surface area contributed by atoms with Gasteiger partial charge in [-0.25, -0.2) is 8.42 Å². The molecule has 1 aliphatic heterocycles. The Bertz CT molecular complexity index is 681. The van der Waals surface area contributed by atoms with Crippen molar-refractivity contribution in [2.24, 2.45) is 0 Å². The van der Waals surface area contributed by atoms with Gasteiger partial charge in [-0.05, 0) is 38.0 Å². The molecular weight excluding hydrogens is 300 g/mol. The van der Waals surface area contributed by atoms with Crippen LogP contribution in [0.2, 0.25) is 0 Å². The van der Waals surface area contributed by atoms with E-state index in [1.54, 1.807) is 17.0 Å². The summed E-state index contributed by atoms with van der Waals surface area (Å²) in [6, 6.07) is 4.99. The highest BCUT2D eigenvalue weighted by Crippen LogP contribution is 2.21. The Balaban J connectivity index is 2.35. The molecule has 1 N–H and O–H groups in total. The second-order valence-electron chi connectivity index (χ2n) is 6.49. The molecule has 1 saturated heterocycles. The molecule has 2 rings (SSSR count). The van der Waals surface area contributed by atoms with Gasteiger partial charge in [0.05, 0.1) is 4.90 Å². The number of amides is 1. The highest BCUT2D eigenvalue weighted by molar-refractivity contribution is 7.90. The molecule has 0 aromatic heterocycles. The largest absolute Gasteiger partial charge is 0.336 e. The first-order chi connectivity index (χ1) is 10.1. The summed E-state index contributed by atoms with van der Waals surface area (Å²) in [5.74, 6) is -0.109. The molecule has 0 aliphatic carbocycles. The van der Waals surface area contributed by atoms with E-state index in [9.17, 15) is 13.2 Å². The van der Waals surface area contributed by atoms with Crippen molar-refractivity contribution in [2.75, 3.05) is 25.9 Å². The van der Waals surface area contributed by atoms with Gasteiger partial charge < -0.3 is 10.2 Å². The predicted octanol–water partition coefficient (Wildman–Crippen LogP) is 1.48. The van der Waals surface area contributed by atoms with Crippen molar-refractivity contribution in [3.05, 3.63) is 29.3 Å². The first-order valence-electron chi connectivity index (χ1n) is 7.51. The lowest BCUT2D eigenvalue weighted by atomic mass is 10.0. The minimum absolute atomic E-state index is 0.109. The maximum atomic E-state index is 12.7. The van der Waals surface area contributed by atoms with E-state index < -0.39 is 9.84 Å². The van der Waals surface area contributed by atoms with Gasteiger partial charge in [-0.2, -0.15) is 0 Å². The van der Waals surface area contributed by atoms with Crippen molar-refractivity contribution in [1.29, 1.82) is 0 Å². The van der Waals surface area contributed by atoms with Crippen LogP contribution in [0.4, 0.5) is 0 Å². The van der Waals surface area contributed by atoms with Crippen LogP contribution in [0.3, 0.4) is 0 Å². The molecule has 1 aliphatic rings. The summed E-state index contributed by atoms with van der Waals surface area (Å²) >= 11 is 0. The highest BCUT2D eigenvalue weighted by atomic mass is 32.2. The molecule has 0 saturated carbocycles. The van der Waals surface area contributed by atoms with Crippen LogP contribution in [-0.4, -0.2) is 50.7 Å². The van der Waals surface area contributed by atoms with Crippen molar-refractivity contribution in [3.8, 4) is 0 Å². The second-order valence-corrected chi connectivity index (χ2v) is 8.47. The predicted molar refractivity (Wildman–Crippen MR) is 86.9 cm³/mol. The molecule has 0 bridgehead atoms. The number of rotatable bonds is 3. The number of benzene rings is 1. The smallest absolute Gasteiger partial charge is 0.254 e. The fraction of sp³-hybridized carbons (Fsp3) is 0.562. The number of aryl methyl sites for hydroxylation is 1. The molecular formula is C16H24N2O3S. The second kappa shape index (κ2) is 6.01.